The fourth-order valence-electron chi connectivity index (χ4n) is 1.96. The van der Waals surface area contributed by atoms with Crippen molar-refractivity contribution in [2.45, 2.75) is 33.7 Å². The number of aryl methyl sites for hydroxylation is 1. The highest BCUT2D eigenvalue weighted by Gasteiger charge is 2.17. The van der Waals surface area contributed by atoms with E-state index in [1.54, 1.807) is 25.3 Å². The first-order valence-corrected chi connectivity index (χ1v) is 7.65. The third-order valence-electron chi connectivity index (χ3n) is 3.98. The van der Waals surface area contributed by atoms with Gasteiger partial charge in [-0.2, -0.15) is 0 Å². The number of hydrogen-bond donors (Lipinski definition) is 2. The summed E-state index contributed by atoms with van der Waals surface area (Å²) in [6.45, 7) is 7.65. The minimum Gasteiger partial charge on any atom is -0.439 e. The average Bonchev–Trinajstić information content (AvgIpc) is 2.52. The molecule has 2 unspecified atom stereocenters. The van der Waals surface area contributed by atoms with Gasteiger partial charge in [-0.1, -0.05) is 19.1 Å². The van der Waals surface area contributed by atoms with Crippen LogP contribution < -0.4 is 15.8 Å². The number of nitrogens with two attached hydrogens (primary N) is 1. The van der Waals surface area contributed by atoms with E-state index in [1.165, 1.54) is 0 Å². The zero-order chi connectivity index (χ0) is 17.0. The molecule has 138 valence electrons. The maximum absolute atomic E-state index is 12.0. The smallest absolute Gasteiger partial charge is 0.228 e. The number of hydrogen-bond acceptors (Lipinski definition) is 4. The predicted octanol–water partition coefficient (Wildman–Crippen LogP) is 4.26. The van der Waals surface area contributed by atoms with E-state index in [0.29, 0.717) is 11.6 Å². The molecular formula is C18H25Cl2N3O2. The Balaban J connectivity index is 0.00000288. The van der Waals surface area contributed by atoms with Crippen LogP contribution in [0, 0.1) is 19.8 Å². The minimum atomic E-state index is -0.263. The Morgan fingerprint density at radius 3 is 2.40 bits per heavy atom. The highest BCUT2D eigenvalue weighted by atomic mass is 35.5. The molecule has 0 spiro atoms. The molecule has 25 heavy (non-hydrogen) atoms. The molecule has 3 N–H and O–H groups in total. The summed E-state index contributed by atoms with van der Waals surface area (Å²) in [7, 11) is 0. The van der Waals surface area contributed by atoms with Crippen LogP contribution in [0.25, 0.3) is 0 Å². The zero-order valence-electron chi connectivity index (χ0n) is 14.8. The lowest BCUT2D eigenvalue weighted by Gasteiger charge is -2.15. The van der Waals surface area contributed by atoms with Crippen molar-refractivity contribution in [3.8, 4) is 11.6 Å². The van der Waals surface area contributed by atoms with Gasteiger partial charge in [-0.05, 0) is 44.0 Å². The lowest BCUT2D eigenvalue weighted by molar-refractivity contribution is -0.119. The van der Waals surface area contributed by atoms with Gasteiger partial charge in [0.1, 0.15) is 5.75 Å². The van der Waals surface area contributed by atoms with Crippen molar-refractivity contribution < 1.29 is 9.53 Å². The number of nitrogens with one attached hydrogen (secondary N) is 1. The van der Waals surface area contributed by atoms with Gasteiger partial charge in [0.25, 0.3) is 0 Å². The molecule has 2 rings (SSSR count). The Hall–Kier alpha value is -1.82. The summed E-state index contributed by atoms with van der Waals surface area (Å²) < 4.78 is 5.79. The van der Waals surface area contributed by atoms with Gasteiger partial charge in [-0.3, -0.25) is 4.79 Å². The summed E-state index contributed by atoms with van der Waals surface area (Å²) in [5.74, 6) is 0.877. The van der Waals surface area contributed by atoms with E-state index in [4.69, 9.17) is 10.5 Å². The molecule has 1 heterocycles. The van der Waals surface area contributed by atoms with Gasteiger partial charge in [0.05, 0.1) is 17.8 Å². The topological polar surface area (TPSA) is 77.2 Å². The number of anilines is 1. The number of nitrogens with zero attached hydrogens (tertiary/aromatic N) is 1. The van der Waals surface area contributed by atoms with Crippen molar-refractivity contribution in [3.05, 3.63) is 47.7 Å². The van der Waals surface area contributed by atoms with Gasteiger partial charge in [0, 0.05) is 12.1 Å². The molecule has 2 aromatic rings. The summed E-state index contributed by atoms with van der Waals surface area (Å²) in [6, 6.07) is 9.18. The fraction of sp³-hybridized carbons (Fsp3) is 0.333. The normalized spacial score (nSPS) is 12.2. The maximum Gasteiger partial charge on any atom is 0.228 e. The third-order valence-corrected chi connectivity index (χ3v) is 3.98. The van der Waals surface area contributed by atoms with Crippen LogP contribution in [0.4, 0.5) is 5.69 Å². The molecule has 1 amide bonds. The summed E-state index contributed by atoms with van der Waals surface area (Å²) in [6.07, 6.45) is 1.58. The standard InChI is InChI=1S/C18H23N3O2.2ClH/c1-11-6-5-7-16(12(11)2)23-17-9-8-15(10-20-17)21-18(22)13(3)14(4)19;;/h5-10,13-14H,19H2,1-4H3,(H,21,22);2*1H. The van der Waals surface area contributed by atoms with Gasteiger partial charge in [-0.25, -0.2) is 4.98 Å². The van der Waals surface area contributed by atoms with Gasteiger partial charge in [0.2, 0.25) is 11.8 Å². The largest absolute Gasteiger partial charge is 0.439 e. The molecule has 1 aromatic heterocycles. The molecule has 0 aliphatic carbocycles. The van der Waals surface area contributed by atoms with Crippen LogP contribution in [0.3, 0.4) is 0 Å². The molecule has 1 aromatic carbocycles. The first-order chi connectivity index (χ1) is 10.9. The van der Waals surface area contributed by atoms with Crippen LogP contribution >= 0.6 is 24.8 Å². The third kappa shape index (κ3) is 6.20. The van der Waals surface area contributed by atoms with Crippen LogP contribution in [0.2, 0.25) is 0 Å². The van der Waals surface area contributed by atoms with E-state index in [9.17, 15) is 4.79 Å². The van der Waals surface area contributed by atoms with E-state index in [1.807, 2.05) is 39.0 Å². The van der Waals surface area contributed by atoms with E-state index < -0.39 is 0 Å². The van der Waals surface area contributed by atoms with Crippen molar-refractivity contribution in [2.24, 2.45) is 11.7 Å². The van der Waals surface area contributed by atoms with Crippen LogP contribution in [0.15, 0.2) is 36.5 Å². The molecule has 0 fully saturated rings. The molecule has 5 nitrogen and oxygen atoms in total. The lowest BCUT2D eigenvalue weighted by Crippen LogP contribution is -2.34. The van der Waals surface area contributed by atoms with Crippen molar-refractivity contribution in [1.29, 1.82) is 0 Å². The lowest BCUT2D eigenvalue weighted by atomic mass is 10.0. The first kappa shape index (κ1) is 23.2. The highest BCUT2D eigenvalue weighted by molar-refractivity contribution is 5.92. The van der Waals surface area contributed by atoms with Crippen LogP contribution in [0.5, 0.6) is 11.6 Å². The van der Waals surface area contributed by atoms with Crippen molar-refractivity contribution in [3.63, 3.8) is 0 Å². The van der Waals surface area contributed by atoms with Gasteiger partial charge >= 0.3 is 0 Å². The molecule has 7 heteroatoms. The Morgan fingerprint density at radius 1 is 1.16 bits per heavy atom. The Kier molecular flexibility index (Phi) is 9.49. The van der Waals surface area contributed by atoms with Crippen molar-refractivity contribution in [2.75, 3.05) is 5.32 Å². The number of benzene rings is 1. The second kappa shape index (κ2) is 10.2. The minimum absolute atomic E-state index is 0. The number of carbonyl (C=O) groups is 1. The monoisotopic (exact) mass is 385 g/mol. The Labute approximate surface area is 161 Å². The number of amides is 1. The second-order valence-corrected chi connectivity index (χ2v) is 5.82. The summed E-state index contributed by atoms with van der Waals surface area (Å²) in [5, 5.41) is 2.80. The number of ether oxygens (including phenoxy) is 1. The van der Waals surface area contributed by atoms with Gasteiger partial charge in [0.15, 0.2) is 0 Å². The molecule has 0 aliphatic rings. The quantitative estimate of drug-likeness (QED) is 0.805. The predicted molar refractivity (Wildman–Crippen MR) is 106 cm³/mol. The summed E-state index contributed by atoms with van der Waals surface area (Å²) in [5.41, 5.74) is 8.60. The van der Waals surface area contributed by atoms with E-state index in [0.717, 1.165) is 16.9 Å². The van der Waals surface area contributed by atoms with Gasteiger partial charge < -0.3 is 15.8 Å². The van der Waals surface area contributed by atoms with Gasteiger partial charge in [-0.15, -0.1) is 24.8 Å². The number of pyridine rings is 1. The summed E-state index contributed by atoms with van der Waals surface area (Å²) >= 11 is 0. The number of aromatic nitrogens is 1. The number of rotatable bonds is 5. The molecule has 2 atom stereocenters. The zero-order valence-corrected chi connectivity index (χ0v) is 16.4. The molecule has 0 bridgehead atoms. The maximum atomic E-state index is 12.0. The first-order valence-electron chi connectivity index (χ1n) is 7.65. The Morgan fingerprint density at radius 2 is 1.84 bits per heavy atom. The van der Waals surface area contributed by atoms with Crippen molar-refractivity contribution >= 4 is 36.4 Å². The van der Waals surface area contributed by atoms with E-state index >= 15 is 0 Å². The molecular weight excluding hydrogens is 361 g/mol. The summed E-state index contributed by atoms with van der Waals surface area (Å²) in [4.78, 5) is 16.2. The van der Waals surface area contributed by atoms with Crippen LogP contribution in [0.1, 0.15) is 25.0 Å². The van der Waals surface area contributed by atoms with Crippen molar-refractivity contribution in [1.82, 2.24) is 4.98 Å². The molecule has 0 radical (unpaired) electrons. The van der Waals surface area contributed by atoms with E-state index in [-0.39, 0.29) is 42.7 Å². The van der Waals surface area contributed by atoms with E-state index in [2.05, 4.69) is 10.3 Å². The van der Waals surface area contributed by atoms with Crippen LogP contribution in [-0.4, -0.2) is 16.9 Å². The Bertz CT molecular complexity index is 691. The molecule has 0 aliphatic heterocycles. The molecule has 0 saturated carbocycles. The SMILES string of the molecule is Cc1cccc(Oc2ccc(NC(=O)C(C)C(C)N)cn2)c1C.Cl.Cl. The second-order valence-electron chi connectivity index (χ2n) is 5.82. The number of halogens is 2. The number of carbonyl (C=O) groups excluding carboxylic acids is 1. The average molecular weight is 386 g/mol. The fourth-order valence-corrected chi connectivity index (χ4v) is 1.96. The van der Waals surface area contributed by atoms with Crippen LogP contribution in [-0.2, 0) is 4.79 Å². The molecule has 0 saturated heterocycles. The highest BCUT2D eigenvalue weighted by Crippen LogP contribution is 2.26.